The number of aryl methyl sites for hydroxylation is 2. The van der Waals surface area contributed by atoms with E-state index in [1.807, 2.05) is 35.9 Å². The summed E-state index contributed by atoms with van der Waals surface area (Å²) in [5, 5.41) is 15.3. The summed E-state index contributed by atoms with van der Waals surface area (Å²) in [6.07, 6.45) is 1.95. The highest BCUT2D eigenvalue weighted by molar-refractivity contribution is 6.32. The van der Waals surface area contributed by atoms with Crippen LogP contribution in [0.4, 0.5) is 0 Å². The highest BCUT2D eigenvalue weighted by Gasteiger charge is 2.18. The SMILES string of the molecule is CCCn1nccc1C(O)c1cccc(C)c1Cl. The second kappa shape index (κ2) is 5.55. The minimum atomic E-state index is -0.730. The lowest BCUT2D eigenvalue weighted by atomic mass is 10.0. The molecule has 0 aliphatic rings. The quantitative estimate of drug-likeness (QED) is 0.920. The summed E-state index contributed by atoms with van der Waals surface area (Å²) in [6, 6.07) is 7.52. The molecule has 18 heavy (non-hydrogen) atoms. The van der Waals surface area contributed by atoms with E-state index in [2.05, 4.69) is 12.0 Å². The molecule has 0 fully saturated rings. The molecule has 1 unspecified atom stereocenters. The van der Waals surface area contributed by atoms with E-state index >= 15 is 0 Å². The van der Waals surface area contributed by atoms with Gasteiger partial charge in [-0.15, -0.1) is 0 Å². The first-order chi connectivity index (χ1) is 8.65. The minimum Gasteiger partial charge on any atom is -0.382 e. The van der Waals surface area contributed by atoms with E-state index in [-0.39, 0.29) is 0 Å². The first kappa shape index (κ1) is 13.1. The number of halogens is 1. The molecule has 96 valence electrons. The minimum absolute atomic E-state index is 0.620. The zero-order valence-electron chi connectivity index (χ0n) is 10.6. The summed E-state index contributed by atoms with van der Waals surface area (Å²) in [5.41, 5.74) is 2.48. The van der Waals surface area contributed by atoms with Crippen LogP contribution in [0.3, 0.4) is 0 Å². The average Bonchev–Trinajstić information content (AvgIpc) is 2.80. The van der Waals surface area contributed by atoms with Crippen molar-refractivity contribution in [2.75, 3.05) is 0 Å². The van der Waals surface area contributed by atoms with Gasteiger partial charge in [-0.05, 0) is 25.0 Å². The number of aromatic nitrogens is 2. The molecule has 0 spiro atoms. The summed E-state index contributed by atoms with van der Waals surface area (Å²) < 4.78 is 1.82. The number of rotatable bonds is 4. The molecular weight excluding hydrogens is 248 g/mol. The fourth-order valence-corrected chi connectivity index (χ4v) is 2.24. The predicted octanol–water partition coefficient (Wildman–Crippen LogP) is 3.34. The number of nitrogens with zero attached hydrogens (tertiary/aromatic N) is 2. The van der Waals surface area contributed by atoms with Crippen molar-refractivity contribution in [3.63, 3.8) is 0 Å². The third-order valence-corrected chi connectivity index (χ3v) is 3.50. The molecule has 1 heterocycles. The average molecular weight is 265 g/mol. The van der Waals surface area contributed by atoms with Gasteiger partial charge in [0.05, 0.1) is 5.69 Å². The van der Waals surface area contributed by atoms with Gasteiger partial charge in [-0.3, -0.25) is 4.68 Å². The van der Waals surface area contributed by atoms with Gasteiger partial charge in [0.15, 0.2) is 0 Å². The fourth-order valence-electron chi connectivity index (χ4n) is 2.01. The monoisotopic (exact) mass is 264 g/mol. The fraction of sp³-hybridized carbons (Fsp3) is 0.357. The van der Waals surface area contributed by atoms with Crippen molar-refractivity contribution < 1.29 is 5.11 Å². The molecule has 0 amide bonds. The smallest absolute Gasteiger partial charge is 0.122 e. The summed E-state index contributed by atoms with van der Waals surface area (Å²) in [6.45, 7) is 4.81. The topological polar surface area (TPSA) is 38.0 Å². The zero-order valence-corrected chi connectivity index (χ0v) is 11.4. The summed E-state index contributed by atoms with van der Waals surface area (Å²) in [7, 11) is 0. The molecule has 0 saturated heterocycles. The van der Waals surface area contributed by atoms with Gasteiger partial charge in [-0.25, -0.2) is 0 Å². The maximum atomic E-state index is 10.4. The molecule has 1 aromatic heterocycles. The second-order valence-corrected chi connectivity index (χ2v) is 4.74. The van der Waals surface area contributed by atoms with Crippen LogP contribution in [-0.4, -0.2) is 14.9 Å². The molecule has 4 heteroatoms. The molecule has 1 N–H and O–H groups in total. The second-order valence-electron chi connectivity index (χ2n) is 4.36. The Kier molecular flexibility index (Phi) is 4.04. The van der Waals surface area contributed by atoms with Gasteiger partial charge < -0.3 is 5.11 Å². The Labute approximate surface area is 112 Å². The van der Waals surface area contributed by atoms with Crippen LogP contribution in [0.2, 0.25) is 5.02 Å². The summed E-state index contributed by atoms with van der Waals surface area (Å²) >= 11 is 6.24. The van der Waals surface area contributed by atoms with Crippen LogP contribution in [0.15, 0.2) is 30.5 Å². The lowest BCUT2D eigenvalue weighted by Gasteiger charge is -2.15. The predicted molar refractivity (Wildman–Crippen MR) is 72.8 cm³/mol. The number of aliphatic hydroxyl groups is 1. The van der Waals surface area contributed by atoms with E-state index in [9.17, 15) is 5.11 Å². The van der Waals surface area contributed by atoms with E-state index in [1.54, 1.807) is 6.20 Å². The van der Waals surface area contributed by atoms with Crippen LogP contribution in [0.1, 0.15) is 36.3 Å². The third kappa shape index (κ3) is 2.42. The standard InChI is InChI=1S/C14H17ClN2O/c1-3-9-17-12(7-8-16-17)14(18)11-6-4-5-10(2)13(11)15/h4-8,14,18H,3,9H2,1-2H3. The van der Waals surface area contributed by atoms with Crippen molar-refractivity contribution in [2.24, 2.45) is 0 Å². The van der Waals surface area contributed by atoms with Crippen LogP contribution in [0, 0.1) is 6.92 Å². The van der Waals surface area contributed by atoms with Gasteiger partial charge in [0.25, 0.3) is 0 Å². The normalized spacial score (nSPS) is 12.7. The maximum Gasteiger partial charge on any atom is 0.122 e. The number of hydrogen-bond donors (Lipinski definition) is 1. The van der Waals surface area contributed by atoms with Gasteiger partial charge in [-0.2, -0.15) is 5.10 Å². The molecule has 0 aliphatic heterocycles. The van der Waals surface area contributed by atoms with Crippen molar-refractivity contribution >= 4 is 11.6 Å². The van der Waals surface area contributed by atoms with Crippen LogP contribution in [0.25, 0.3) is 0 Å². The van der Waals surface area contributed by atoms with E-state index in [0.29, 0.717) is 5.02 Å². The first-order valence-corrected chi connectivity index (χ1v) is 6.47. The van der Waals surface area contributed by atoms with Crippen LogP contribution >= 0.6 is 11.6 Å². The van der Waals surface area contributed by atoms with Crippen molar-refractivity contribution in [2.45, 2.75) is 32.9 Å². The van der Waals surface area contributed by atoms with Crippen molar-refractivity contribution in [1.29, 1.82) is 0 Å². The molecule has 1 aromatic carbocycles. The lowest BCUT2D eigenvalue weighted by Crippen LogP contribution is -2.10. The lowest BCUT2D eigenvalue weighted by molar-refractivity contribution is 0.207. The summed E-state index contributed by atoms with van der Waals surface area (Å²) in [5.74, 6) is 0. The Morgan fingerprint density at radius 1 is 1.39 bits per heavy atom. The van der Waals surface area contributed by atoms with Gasteiger partial charge >= 0.3 is 0 Å². The largest absolute Gasteiger partial charge is 0.382 e. The van der Waals surface area contributed by atoms with E-state index in [1.165, 1.54) is 0 Å². The Balaban J connectivity index is 2.38. The Morgan fingerprint density at radius 3 is 2.89 bits per heavy atom. The molecule has 0 bridgehead atoms. The van der Waals surface area contributed by atoms with E-state index in [4.69, 9.17) is 11.6 Å². The Hall–Kier alpha value is -1.32. The molecule has 0 aliphatic carbocycles. The van der Waals surface area contributed by atoms with E-state index in [0.717, 1.165) is 29.8 Å². The molecule has 1 atom stereocenters. The third-order valence-electron chi connectivity index (χ3n) is 2.98. The number of aliphatic hydroxyl groups excluding tert-OH is 1. The zero-order chi connectivity index (χ0) is 13.1. The van der Waals surface area contributed by atoms with Gasteiger partial charge in [-0.1, -0.05) is 36.7 Å². The molecule has 2 aromatic rings. The Bertz CT molecular complexity index is 536. The van der Waals surface area contributed by atoms with Gasteiger partial charge in [0.1, 0.15) is 6.10 Å². The van der Waals surface area contributed by atoms with Crippen molar-refractivity contribution in [1.82, 2.24) is 9.78 Å². The van der Waals surface area contributed by atoms with Gasteiger partial charge in [0, 0.05) is 23.3 Å². The van der Waals surface area contributed by atoms with Crippen LogP contribution < -0.4 is 0 Å². The maximum absolute atomic E-state index is 10.4. The Morgan fingerprint density at radius 2 is 2.17 bits per heavy atom. The molecular formula is C14H17ClN2O. The van der Waals surface area contributed by atoms with Crippen LogP contribution in [0.5, 0.6) is 0 Å². The highest BCUT2D eigenvalue weighted by Crippen LogP contribution is 2.30. The molecule has 0 saturated carbocycles. The highest BCUT2D eigenvalue weighted by atomic mass is 35.5. The van der Waals surface area contributed by atoms with Crippen molar-refractivity contribution in [3.8, 4) is 0 Å². The van der Waals surface area contributed by atoms with E-state index < -0.39 is 6.10 Å². The van der Waals surface area contributed by atoms with Crippen molar-refractivity contribution in [3.05, 3.63) is 52.3 Å². The molecule has 2 rings (SSSR count). The number of hydrogen-bond acceptors (Lipinski definition) is 2. The summed E-state index contributed by atoms with van der Waals surface area (Å²) in [4.78, 5) is 0. The molecule has 0 radical (unpaired) electrons. The first-order valence-electron chi connectivity index (χ1n) is 6.10. The molecule has 3 nitrogen and oxygen atoms in total. The van der Waals surface area contributed by atoms with Gasteiger partial charge in [0.2, 0.25) is 0 Å². The van der Waals surface area contributed by atoms with Crippen LogP contribution in [-0.2, 0) is 6.54 Å². The number of benzene rings is 1.